The van der Waals surface area contributed by atoms with Crippen molar-refractivity contribution in [3.8, 4) is 23.0 Å². The van der Waals surface area contributed by atoms with Gasteiger partial charge in [-0.15, -0.1) is 0 Å². The number of rotatable bonds is 1. The highest BCUT2D eigenvalue weighted by molar-refractivity contribution is 5.42. The number of aromatic hydroxyl groups is 3. The molecule has 0 fully saturated rings. The lowest BCUT2D eigenvalue weighted by Crippen LogP contribution is -2.10. The second-order valence-electron chi connectivity index (χ2n) is 5.65. The molecule has 0 amide bonds. The Kier molecular flexibility index (Phi) is 5.47. The Hall–Kier alpha value is -2.36. The largest absolute Gasteiger partial charge is 0.508 e. The maximum Gasteiger partial charge on any atom is 0.157 e. The number of benzene rings is 2. The molecule has 0 radical (unpaired) electrons. The van der Waals surface area contributed by atoms with Gasteiger partial charge in [0.25, 0.3) is 0 Å². The van der Waals surface area contributed by atoms with Crippen molar-refractivity contribution in [2.75, 3.05) is 7.11 Å². The summed E-state index contributed by atoms with van der Waals surface area (Å²) in [5.74, 6) is 0.897. The molecule has 3 N–H and O–H groups in total. The Balaban J connectivity index is 0.000000219. The van der Waals surface area contributed by atoms with Crippen molar-refractivity contribution in [3.63, 3.8) is 0 Å². The van der Waals surface area contributed by atoms with Gasteiger partial charge in [-0.1, -0.05) is 26.8 Å². The fraction of sp³-hybridized carbons (Fsp3) is 0.294. The molecular formula is C17H22O4. The van der Waals surface area contributed by atoms with Crippen LogP contribution in [-0.2, 0) is 5.41 Å². The molecule has 21 heavy (non-hydrogen) atoms. The topological polar surface area (TPSA) is 69.9 Å². The first-order valence-electron chi connectivity index (χ1n) is 6.59. The van der Waals surface area contributed by atoms with Crippen molar-refractivity contribution in [2.45, 2.75) is 26.2 Å². The Morgan fingerprint density at radius 1 is 0.810 bits per heavy atom. The minimum Gasteiger partial charge on any atom is -0.508 e. The highest BCUT2D eigenvalue weighted by Crippen LogP contribution is 2.30. The van der Waals surface area contributed by atoms with E-state index in [0.717, 1.165) is 11.3 Å². The van der Waals surface area contributed by atoms with Crippen LogP contribution in [0.2, 0.25) is 0 Å². The van der Waals surface area contributed by atoms with Crippen molar-refractivity contribution >= 4 is 0 Å². The van der Waals surface area contributed by atoms with Gasteiger partial charge in [-0.25, -0.2) is 0 Å². The Morgan fingerprint density at radius 3 is 1.81 bits per heavy atom. The average molecular weight is 290 g/mol. The minimum atomic E-state index is -0.0667. The van der Waals surface area contributed by atoms with E-state index in [0.29, 0.717) is 0 Å². The van der Waals surface area contributed by atoms with E-state index in [2.05, 4.69) is 20.8 Å². The summed E-state index contributed by atoms with van der Waals surface area (Å²) in [7, 11) is 1.59. The van der Waals surface area contributed by atoms with E-state index >= 15 is 0 Å². The van der Waals surface area contributed by atoms with Crippen LogP contribution in [0.3, 0.4) is 0 Å². The van der Waals surface area contributed by atoms with Gasteiger partial charge in [-0.2, -0.15) is 0 Å². The normalized spacial score (nSPS) is 10.5. The third-order valence-corrected chi connectivity index (χ3v) is 2.91. The van der Waals surface area contributed by atoms with Crippen molar-refractivity contribution in [2.24, 2.45) is 0 Å². The molecule has 0 aromatic heterocycles. The van der Waals surface area contributed by atoms with Crippen LogP contribution in [0.15, 0.2) is 42.5 Å². The molecule has 0 aliphatic rings. The number of phenols is 3. The van der Waals surface area contributed by atoms with Gasteiger partial charge in [0.1, 0.15) is 11.5 Å². The summed E-state index contributed by atoms with van der Waals surface area (Å²) in [5, 5.41) is 27.1. The SMILES string of the molecule is CC(C)(C)c1ccc(O)c(O)c1.COc1ccc(O)cc1. The van der Waals surface area contributed by atoms with Gasteiger partial charge in [0, 0.05) is 0 Å². The molecule has 0 aliphatic heterocycles. The number of methoxy groups -OCH3 is 1. The van der Waals surface area contributed by atoms with E-state index in [4.69, 9.17) is 14.9 Å². The molecule has 2 aromatic carbocycles. The van der Waals surface area contributed by atoms with Crippen molar-refractivity contribution in [3.05, 3.63) is 48.0 Å². The molecule has 0 spiro atoms. The fourth-order valence-electron chi connectivity index (χ4n) is 1.57. The van der Waals surface area contributed by atoms with Gasteiger partial charge >= 0.3 is 0 Å². The number of ether oxygens (including phenoxy) is 1. The zero-order valence-electron chi connectivity index (χ0n) is 12.8. The molecule has 0 bridgehead atoms. The standard InChI is InChI=1S/C10H14O2.C7H8O2/c1-10(2,3)7-4-5-8(11)9(12)6-7;1-9-7-4-2-6(8)3-5-7/h4-6,11-12H,1-3H3;2-5,8H,1H3. The zero-order chi connectivity index (χ0) is 16.0. The predicted octanol–water partition coefficient (Wildman–Crippen LogP) is 3.80. The van der Waals surface area contributed by atoms with Crippen LogP contribution in [0.5, 0.6) is 23.0 Å². The molecule has 4 heteroatoms. The van der Waals surface area contributed by atoms with Crippen LogP contribution in [-0.4, -0.2) is 22.4 Å². The predicted molar refractivity (Wildman–Crippen MR) is 83.1 cm³/mol. The summed E-state index contributed by atoms with van der Waals surface area (Å²) in [6.07, 6.45) is 0. The van der Waals surface area contributed by atoms with Crippen molar-refractivity contribution < 1.29 is 20.1 Å². The van der Waals surface area contributed by atoms with Gasteiger partial charge in [-0.3, -0.25) is 0 Å². The van der Waals surface area contributed by atoms with E-state index in [9.17, 15) is 5.11 Å². The molecule has 2 aromatic rings. The highest BCUT2D eigenvalue weighted by atomic mass is 16.5. The average Bonchev–Trinajstić information content (AvgIpc) is 2.42. The van der Waals surface area contributed by atoms with Crippen LogP contribution in [0.1, 0.15) is 26.3 Å². The second-order valence-corrected chi connectivity index (χ2v) is 5.65. The van der Waals surface area contributed by atoms with Crippen LogP contribution in [0.25, 0.3) is 0 Å². The highest BCUT2D eigenvalue weighted by Gasteiger charge is 2.14. The molecule has 0 atom stereocenters. The first-order chi connectivity index (χ1) is 9.74. The molecule has 0 saturated heterocycles. The first kappa shape index (κ1) is 16.7. The summed E-state index contributed by atoms with van der Waals surface area (Å²) < 4.78 is 4.86. The van der Waals surface area contributed by atoms with Gasteiger partial charge in [0.15, 0.2) is 11.5 Å². The third-order valence-electron chi connectivity index (χ3n) is 2.91. The van der Waals surface area contributed by atoms with E-state index in [1.54, 1.807) is 37.4 Å². The van der Waals surface area contributed by atoms with Crippen LogP contribution in [0.4, 0.5) is 0 Å². The monoisotopic (exact) mass is 290 g/mol. The summed E-state index contributed by atoms with van der Waals surface area (Å²) in [4.78, 5) is 0. The quantitative estimate of drug-likeness (QED) is 0.699. The Labute approximate surface area is 125 Å². The molecule has 2 rings (SSSR count). The Morgan fingerprint density at radius 2 is 1.38 bits per heavy atom. The van der Waals surface area contributed by atoms with Gasteiger partial charge in [0.05, 0.1) is 7.11 Å². The fourth-order valence-corrected chi connectivity index (χ4v) is 1.57. The maximum atomic E-state index is 9.21. The van der Waals surface area contributed by atoms with Crippen LogP contribution in [0, 0.1) is 0 Å². The third kappa shape index (κ3) is 5.26. The number of hydrogen-bond donors (Lipinski definition) is 3. The lowest BCUT2D eigenvalue weighted by atomic mass is 9.87. The minimum absolute atomic E-state index is 0.00514. The zero-order valence-corrected chi connectivity index (χ0v) is 12.8. The summed E-state index contributed by atoms with van der Waals surface area (Å²) >= 11 is 0. The molecule has 114 valence electrons. The van der Waals surface area contributed by atoms with E-state index in [1.807, 2.05) is 6.07 Å². The molecular weight excluding hydrogens is 268 g/mol. The molecule has 4 nitrogen and oxygen atoms in total. The molecule has 0 saturated carbocycles. The number of phenolic OH excluding ortho intramolecular Hbond substituents is 3. The maximum absolute atomic E-state index is 9.21. The van der Waals surface area contributed by atoms with Crippen LogP contribution < -0.4 is 4.74 Å². The van der Waals surface area contributed by atoms with Gasteiger partial charge in [-0.05, 0) is 47.4 Å². The van der Waals surface area contributed by atoms with E-state index < -0.39 is 0 Å². The number of hydrogen-bond acceptors (Lipinski definition) is 4. The lowest BCUT2D eigenvalue weighted by molar-refractivity contribution is 0.401. The smallest absolute Gasteiger partial charge is 0.157 e. The summed E-state index contributed by atoms with van der Waals surface area (Å²) in [5.41, 5.74) is 1.02. The molecule has 0 unspecified atom stereocenters. The van der Waals surface area contributed by atoms with Crippen LogP contribution >= 0.6 is 0 Å². The van der Waals surface area contributed by atoms with Gasteiger partial charge < -0.3 is 20.1 Å². The molecule has 0 heterocycles. The Bertz CT molecular complexity index is 568. The summed E-state index contributed by atoms with van der Waals surface area (Å²) in [6.45, 7) is 6.16. The van der Waals surface area contributed by atoms with Gasteiger partial charge in [0.2, 0.25) is 0 Å². The lowest BCUT2D eigenvalue weighted by Gasteiger charge is -2.19. The van der Waals surface area contributed by atoms with E-state index in [1.165, 1.54) is 6.07 Å². The molecule has 0 aliphatic carbocycles. The second kappa shape index (κ2) is 6.88. The van der Waals surface area contributed by atoms with Crippen molar-refractivity contribution in [1.29, 1.82) is 0 Å². The van der Waals surface area contributed by atoms with Crippen molar-refractivity contribution in [1.82, 2.24) is 0 Å². The summed E-state index contributed by atoms with van der Waals surface area (Å²) in [6, 6.07) is 11.5. The first-order valence-corrected chi connectivity index (χ1v) is 6.59. The van der Waals surface area contributed by atoms with E-state index in [-0.39, 0.29) is 22.7 Å².